The number of nitrogens with zero attached hydrogens (tertiary/aromatic N) is 3. The fourth-order valence-corrected chi connectivity index (χ4v) is 3.58. The highest BCUT2D eigenvalue weighted by Crippen LogP contribution is 2.29. The summed E-state index contributed by atoms with van der Waals surface area (Å²) in [7, 11) is 0. The minimum atomic E-state index is 0.193. The smallest absolute Gasteiger partial charge is 0.229 e. The van der Waals surface area contributed by atoms with Crippen molar-refractivity contribution in [3.05, 3.63) is 47.6 Å². The number of carbonyl (C=O) groups excluding carboxylic acids is 1. The summed E-state index contributed by atoms with van der Waals surface area (Å²) in [6.45, 7) is 2.96. The first-order chi connectivity index (χ1) is 12.3. The van der Waals surface area contributed by atoms with Gasteiger partial charge in [-0.1, -0.05) is 35.5 Å². The summed E-state index contributed by atoms with van der Waals surface area (Å²) in [5.74, 6) is 2.21. The molecule has 1 amide bonds. The summed E-state index contributed by atoms with van der Waals surface area (Å²) < 4.78 is 10.9. The minimum Gasteiger partial charge on any atom is -0.381 e. The highest BCUT2D eigenvalue weighted by molar-refractivity contribution is 5.78. The van der Waals surface area contributed by atoms with Gasteiger partial charge in [0.05, 0.1) is 13.0 Å². The molecule has 1 aromatic carbocycles. The van der Waals surface area contributed by atoms with Gasteiger partial charge in [0.15, 0.2) is 5.82 Å². The van der Waals surface area contributed by atoms with Crippen molar-refractivity contribution in [3.8, 4) is 0 Å². The summed E-state index contributed by atoms with van der Waals surface area (Å²) in [4.78, 5) is 19.0. The third-order valence-corrected chi connectivity index (χ3v) is 5.15. The van der Waals surface area contributed by atoms with Crippen molar-refractivity contribution in [2.75, 3.05) is 26.3 Å². The van der Waals surface area contributed by atoms with Gasteiger partial charge in [-0.15, -0.1) is 0 Å². The number of hydrogen-bond donors (Lipinski definition) is 0. The van der Waals surface area contributed by atoms with Crippen molar-refractivity contribution in [2.24, 2.45) is 0 Å². The number of rotatable bonds is 4. The van der Waals surface area contributed by atoms with Crippen molar-refractivity contribution in [3.63, 3.8) is 0 Å². The number of carbonyl (C=O) groups is 1. The number of amides is 1. The van der Waals surface area contributed by atoms with Crippen LogP contribution in [0.5, 0.6) is 0 Å². The van der Waals surface area contributed by atoms with Crippen LogP contribution in [0.4, 0.5) is 0 Å². The van der Waals surface area contributed by atoms with E-state index in [9.17, 15) is 4.79 Å². The zero-order valence-corrected chi connectivity index (χ0v) is 14.3. The maximum absolute atomic E-state index is 12.4. The van der Waals surface area contributed by atoms with Crippen LogP contribution in [-0.4, -0.2) is 47.3 Å². The lowest BCUT2D eigenvalue weighted by molar-refractivity contribution is -0.131. The summed E-state index contributed by atoms with van der Waals surface area (Å²) in [6.07, 6.45) is 3.19. The van der Waals surface area contributed by atoms with E-state index in [-0.39, 0.29) is 17.7 Å². The Kier molecular flexibility index (Phi) is 4.78. The molecular formula is C19H23N3O3. The van der Waals surface area contributed by atoms with Crippen LogP contribution < -0.4 is 0 Å². The molecule has 0 N–H and O–H groups in total. The van der Waals surface area contributed by atoms with E-state index in [1.807, 2.05) is 35.2 Å². The third-order valence-electron chi connectivity index (χ3n) is 5.15. The van der Waals surface area contributed by atoms with Crippen LogP contribution in [0.1, 0.15) is 48.4 Å². The van der Waals surface area contributed by atoms with Crippen LogP contribution in [0, 0.1) is 0 Å². The van der Waals surface area contributed by atoms with Gasteiger partial charge in [0.2, 0.25) is 11.8 Å². The van der Waals surface area contributed by atoms with Crippen LogP contribution in [0.3, 0.4) is 0 Å². The lowest BCUT2D eigenvalue weighted by Gasteiger charge is -2.30. The maximum atomic E-state index is 12.4. The van der Waals surface area contributed by atoms with E-state index < -0.39 is 0 Å². The molecule has 6 nitrogen and oxygen atoms in total. The Morgan fingerprint density at radius 2 is 1.92 bits per heavy atom. The first-order valence-electron chi connectivity index (χ1n) is 9.02. The maximum Gasteiger partial charge on any atom is 0.229 e. The van der Waals surface area contributed by atoms with E-state index in [4.69, 9.17) is 9.26 Å². The molecule has 2 fully saturated rings. The average Bonchev–Trinajstić information content (AvgIpc) is 3.34. The van der Waals surface area contributed by atoms with E-state index in [2.05, 4.69) is 10.1 Å². The quantitative estimate of drug-likeness (QED) is 0.855. The number of benzene rings is 1. The fraction of sp³-hybridized carbons (Fsp3) is 0.526. The van der Waals surface area contributed by atoms with Crippen LogP contribution in [0.15, 0.2) is 34.9 Å². The van der Waals surface area contributed by atoms with Gasteiger partial charge in [0.1, 0.15) is 0 Å². The number of hydrogen-bond acceptors (Lipinski definition) is 5. The topological polar surface area (TPSA) is 68.5 Å². The summed E-state index contributed by atoms with van der Waals surface area (Å²) in [5.41, 5.74) is 1.06. The summed E-state index contributed by atoms with van der Waals surface area (Å²) in [6, 6.07) is 9.90. The molecule has 25 heavy (non-hydrogen) atoms. The fourth-order valence-electron chi connectivity index (χ4n) is 3.58. The highest BCUT2D eigenvalue weighted by Gasteiger charge is 2.29. The Balaban J connectivity index is 1.31. The molecule has 6 heteroatoms. The molecule has 1 aromatic heterocycles. The number of piperidine rings is 1. The second kappa shape index (κ2) is 7.35. The van der Waals surface area contributed by atoms with E-state index in [1.54, 1.807) is 0 Å². The Morgan fingerprint density at radius 1 is 1.12 bits per heavy atom. The SMILES string of the molecule is O=C(Cc1ccccc1)N1CCC(c2nc([C@@H]3CCOC3)no2)CC1. The molecule has 1 atom stereocenters. The Labute approximate surface area is 147 Å². The van der Waals surface area contributed by atoms with Crippen LogP contribution in [0.2, 0.25) is 0 Å². The van der Waals surface area contributed by atoms with E-state index in [0.717, 1.165) is 56.2 Å². The molecule has 0 unspecified atom stereocenters. The molecule has 0 aliphatic carbocycles. The second-order valence-electron chi connectivity index (χ2n) is 6.87. The predicted octanol–water partition coefficient (Wildman–Crippen LogP) is 2.52. The third kappa shape index (κ3) is 3.74. The molecule has 0 spiro atoms. The van der Waals surface area contributed by atoms with E-state index >= 15 is 0 Å². The van der Waals surface area contributed by atoms with Crippen molar-refractivity contribution in [1.29, 1.82) is 0 Å². The van der Waals surface area contributed by atoms with E-state index in [0.29, 0.717) is 13.0 Å². The van der Waals surface area contributed by atoms with Gasteiger partial charge in [0, 0.05) is 31.5 Å². The summed E-state index contributed by atoms with van der Waals surface area (Å²) >= 11 is 0. The van der Waals surface area contributed by atoms with Gasteiger partial charge >= 0.3 is 0 Å². The van der Waals surface area contributed by atoms with Crippen molar-refractivity contribution in [1.82, 2.24) is 15.0 Å². The number of ether oxygens (including phenoxy) is 1. The molecule has 2 aliphatic heterocycles. The molecule has 0 radical (unpaired) electrons. The molecular weight excluding hydrogens is 318 g/mol. The molecule has 0 bridgehead atoms. The van der Waals surface area contributed by atoms with Crippen molar-refractivity contribution < 1.29 is 14.1 Å². The molecule has 2 saturated heterocycles. The van der Waals surface area contributed by atoms with Gasteiger partial charge in [-0.25, -0.2) is 0 Å². The number of likely N-dealkylation sites (tertiary alicyclic amines) is 1. The zero-order chi connectivity index (χ0) is 17.1. The normalized spacial score (nSPS) is 21.6. The van der Waals surface area contributed by atoms with Gasteiger partial charge in [-0.3, -0.25) is 4.79 Å². The lowest BCUT2D eigenvalue weighted by atomic mass is 9.96. The minimum absolute atomic E-state index is 0.193. The average molecular weight is 341 g/mol. The Morgan fingerprint density at radius 3 is 2.64 bits per heavy atom. The van der Waals surface area contributed by atoms with Gasteiger partial charge in [0.25, 0.3) is 0 Å². The van der Waals surface area contributed by atoms with Gasteiger partial charge < -0.3 is 14.2 Å². The molecule has 4 rings (SSSR count). The van der Waals surface area contributed by atoms with Crippen molar-refractivity contribution >= 4 is 5.91 Å². The lowest BCUT2D eigenvalue weighted by Crippen LogP contribution is -2.38. The van der Waals surface area contributed by atoms with Crippen LogP contribution in [-0.2, 0) is 16.0 Å². The van der Waals surface area contributed by atoms with Crippen LogP contribution in [0.25, 0.3) is 0 Å². The molecule has 3 heterocycles. The second-order valence-corrected chi connectivity index (χ2v) is 6.87. The van der Waals surface area contributed by atoms with E-state index in [1.165, 1.54) is 0 Å². The largest absolute Gasteiger partial charge is 0.381 e. The standard InChI is InChI=1S/C19H23N3O3/c23-17(12-14-4-2-1-3-5-14)22-9-6-15(7-10-22)19-20-18(21-25-19)16-8-11-24-13-16/h1-5,15-16H,6-13H2/t16-/m1/s1. The first-order valence-corrected chi connectivity index (χ1v) is 9.02. The first kappa shape index (κ1) is 16.3. The van der Waals surface area contributed by atoms with Gasteiger partial charge in [-0.05, 0) is 24.8 Å². The summed E-state index contributed by atoms with van der Waals surface area (Å²) in [5, 5.41) is 4.14. The highest BCUT2D eigenvalue weighted by atomic mass is 16.5. The predicted molar refractivity (Wildman–Crippen MR) is 91.2 cm³/mol. The van der Waals surface area contributed by atoms with Crippen molar-refractivity contribution in [2.45, 2.75) is 37.5 Å². The Bertz CT molecular complexity index is 702. The van der Waals surface area contributed by atoms with Crippen LogP contribution >= 0.6 is 0 Å². The molecule has 132 valence electrons. The Hall–Kier alpha value is -2.21. The van der Waals surface area contributed by atoms with Gasteiger partial charge in [-0.2, -0.15) is 4.98 Å². The molecule has 0 saturated carbocycles. The number of aromatic nitrogens is 2. The monoisotopic (exact) mass is 341 g/mol. The molecule has 2 aromatic rings. The molecule has 2 aliphatic rings. The zero-order valence-electron chi connectivity index (χ0n) is 14.3.